The Kier molecular flexibility index (Phi) is 5.39. The molecule has 0 spiro atoms. The minimum atomic E-state index is -2.99. The molecule has 0 bridgehead atoms. The van der Waals surface area contributed by atoms with Crippen LogP contribution in [-0.2, 0) is 9.47 Å². The minimum absolute atomic E-state index is 0.802. The van der Waals surface area contributed by atoms with Crippen LogP contribution in [0, 0.1) is 0 Å². The third-order valence-corrected chi connectivity index (χ3v) is 14.1. The number of hydrogen-bond acceptors (Lipinski definition) is 6. The fourth-order valence-electron chi connectivity index (χ4n) is 4.96. The molecule has 6 nitrogen and oxygen atoms in total. The van der Waals surface area contributed by atoms with E-state index in [1.807, 2.05) is 0 Å². The molecule has 0 aromatic rings. The SMILES string of the molecule is ClP(N1CCCC1)(N1CCCC1)(N1CCOCC1)N1CCOCC1. The Morgan fingerprint density at radius 2 is 0.792 bits per heavy atom. The van der Waals surface area contributed by atoms with Crippen molar-refractivity contribution in [2.24, 2.45) is 0 Å². The molecule has 0 aromatic carbocycles. The first-order valence-electron chi connectivity index (χ1n) is 9.65. The third kappa shape index (κ3) is 2.66. The van der Waals surface area contributed by atoms with Crippen LogP contribution in [0.5, 0.6) is 0 Å². The van der Waals surface area contributed by atoms with E-state index in [0.29, 0.717) is 0 Å². The van der Waals surface area contributed by atoms with Gasteiger partial charge in [0.15, 0.2) is 0 Å². The third-order valence-electron chi connectivity index (χ3n) is 6.09. The summed E-state index contributed by atoms with van der Waals surface area (Å²) in [5, 5.41) is 0. The standard InChI is InChI=1S/C16H32ClN4O2P/c17-24(18-5-1-2-6-18,19-7-3-4-8-19,20-9-13-22-14-10-20)21-11-15-23-16-12-21/h1-16H2. The van der Waals surface area contributed by atoms with Crippen molar-refractivity contribution in [3.63, 3.8) is 0 Å². The van der Waals surface area contributed by atoms with E-state index in [1.54, 1.807) is 0 Å². The molecule has 0 aliphatic carbocycles. The Labute approximate surface area is 150 Å². The van der Waals surface area contributed by atoms with E-state index in [1.165, 1.54) is 25.7 Å². The van der Waals surface area contributed by atoms with Gasteiger partial charge in [-0.2, -0.15) is 0 Å². The second kappa shape index (κ2) is 7.24. The summed E-state index contributed by atoms with van der Waals surface area (Å²) >= 11 is 8.09. The summed E-state index contributed by atoms with van der Waals surface area (Å²) in [4.78, 5) is 0. The molecule has 0 aromatic heterocycles. The summed E-state index contributed by atoms with van der Waals surface area (Å²) in [6, 6.07) is 0. The maximum atomic E-state index is 8.09. The van der Waals surface area contributed by atoms with Gasteiger partial charge in [-0.25, -0.2) is 0 Å². The Bertz CT molecular complexity index is 396. The van der Waals surface area contributed by atoms with Crippen molar-refractivity contribution < 1.29 is 9.47 Å². The first-order chi connectivity index (χ1) is 11.7. The van der Waals surface area contributed by atoms with E-state index in [9.17, 15) is 0 Å². The van der Waals surface area contributed by atoms with Gasteiger partial charge in [-0.15, -0.1) is 0 Å². The van der Waals surface area contributed by atoms with Crippen LogP contribution in [0.3, 0.4) is 0 Å². The zero-order valence-corrected chi connectivity index (χ0v) is 16.4. The van der Waals surface area contributed by atoms with E-state index in [2.05, 4.69) is 18.7 Å². The number of rotatable bonds is 4. The molecule has 140 valence electrons. The summed E-state index contributed by atoms with van der Waals surface area (Å²) in [5.74, 6) is 0. The van der Waals surface area contributed by atoms with Crippen LogP contribution < -0.4 is 0 Å². The van der Waals surface area contributed by atoms with Crippen LogP contribution >= 0.6 is 17.8 Å². The van der Waals surface area contributed by atoms with Gasteiger partial charge in [0, 0.05) is 0 Å². The first-order valence-corrected chi connectivity index (χ1v) is 12.6. The normalized spacial score (nSPS) is 31.3. The number of morpholine rings is 2. The quantitative estimate of drug-likeness (QED) is 0.697. The van der Waals surface area contributed by atoms with Crippen molar-refractivity contribution in [2.45, 2.75) is 25.7 Å². The zero-order chi connectivity index (χ0) is 16.5. The van der Waals surface area contributed by atoms with Gasteiger partial charge in [-0.05, 0) is 0 Å². The van der Waals surface area contributed by atoms with Gasteiger partial charge >= 0.3 is 150 Å². The summed E-state index contributed by atoms with van der Waals surface area (Å²) in [7, 11) is 0. The van der Waals surface area contributed by atoms with E-state index in [0.717, 1.165) is 78.8 Å². The van der Waals surface area contributed by atoms with Crippen LogP contribution in [-0.4, -0.2) is 97.5 Å². The second-order valence-electron chi connectivity index (χ2n) is 7.29. The number of nitrogens with zero attached hydrogens (tertiary/aromatic N) is 4. The summed E-state index contributed by atoms with van der Waals surface area (Å²) in [6.45, 7) is 8.54. The van der Waals surface area contributed by atoms with Crippen LogP contribution in [0.25, 0.3) is 0 Å². The maximum absolute atomic E-state index is 8.09. The van der Waals surface area contributed by atoms with Gasteiger partial charge < -0.3 is 0 Å². The van der Waals surface area contributed by atoms with Crippen molar-refractivity contribution in [2.75, 3.05) is 78.8 Å². The van der Waals surface area contributed by atoms with Crippen LogP contribution in [0.1, 0.15) is 25.7 Å². The Morgan fingerprint density at radius 1 is 0.500 bits per heavy atom. The van der Waals surface area contributed by atoms with Crippen molar-refractivity contribution in [3.8, 4) is 0 Å². The van der Waals surface area contributed by atoms with Crippen molar-refractivity contribution in [1.82, 2.24) is 18.7 Å². The molecule has 24 heavy (non-hydrogen) atoms. The molecule has 4 saturated heterocycles. The molecule has 4 aliphatic heterocycles. The Morgan fingerprint density at radius 3 is 1.12 bits per heavy atom. The van der Waals surface area contributed by atoms with Gasteiger partial charge in [-0.1, -0.05) is 0 Å². The number of ether oxygens (including phenoxy) is 2. The Hall–Kier alpha value is 0.480. The number of halogens is 1. The van der Waals surface area contributed by atoms with Gasteiger partial charge in [0.25, 0.3) is 0 Å². The van der Waals surface area contributed by atoms with Crippen molar-refractivity contribution in [1.29, 1.82) is 0 Å². The van der Waals surface area contributed by atoms with Gasteiger partial charge in [-0.3, -0.25) is 0 Å². The predicted molar refractivity (Wildman–Crippen MR) is 99.2 cm³/mol. The summed E-state index contributed by atoms with van der Waals surface area (Å²) < 4.78 is 22.0. The van der Waals surface area contributed by atoms with Gasteiger partial charge in [0.05, 0.1) is 0 Å². The van der Waals surface area contributed by atoms with Crippen LogP contribution in [0.2, 0.25) is 0 Å². The second-order valence-corrected chi connectivity index (χ2v) is 13.0. The summed E-state index contributed by atoms with van der Waals surface area (Å²) in [5.41, 5.74) is 0. The monoisotopic (exact) mass is 378 g/mol. The molecule has 4 heterocycles. The van der Waals surface area contributed by atoms with E-state index in [-0.39, 0.29) is 0 Å². The molecule has 0 amide bonds. The van der Waals surface area contributed by atoms with E-state index in [4.69, 9.17) is 20.7 Å². The molecule has 0 unspecified atom stereocenters. The van der Waals surface area contributed by atoms with Crippen LogP contribution in [0.15, 0.2) is 0 Å². The van der Waals surface area contributed by atoms with Crippen LogP contribution in [0.4, 0.5) is 0 Å². The molecule has 8 heteroatoms. The van der Waals surface area contributed by atoms with Crippen molar-refractivity contribution in [3.05, 3.63) is 0 Å². The molecular weight excluding hydrogens is 347 g/mol. The molecule has 0 atom stereocenters. The van der Waals surface area contributed by atoms with E-state index >= 15 is 0 Å². The zero-order valence-electron chi connectivity index (χ0n) is 14.7. The van der Waals surface area contributed by atoms with Gasteiger partial charge in [0.2, 0.25) is 0 Å². The molecule has 4 aliphatic rings. The molecule has 0 saturated carbocycles. The first kappa shape index (κ1) is 17.9. The topological polar surface area (TPSA) is 31.4 Å². The molecular formula is C16H32ClN4O2P. The van der Waals surface area contributed by atoms with Gasteiger partial charge in [0.1, 0.15) is 0 Å². The fraction of sp³-hybridized carbons (Fsp3) is 1.00. The van der Waals surface area contributed by atoms with Crippen molar-refractivity contribution >= 4 is 17.8 Å². The fourth-order valence-corrected chi connectivity index (χ4v) is 12.6. The molecule has 0 radical (unpaired) electrons. The summed E-state index contributed by atoms with van der Waals surface area (Å²) in [6.07, 6.45) is 5.08. The average molecular weight is 379 g/mol. The molecule has 4 fully saturated rings. The Balaban J connectivity index is 1.79. The molecule has 4 rings (SSSR count). The average Bonchev–Trinajstić information content (AvgIpc) is 3.37. The molecule has 0 N–H and O–H groups in total. The van der Waals surface area contributed by atoms with E-state index < -0.39 is 6.56 Å². The number of hydrogen-bond donors (Lipinski definition) is 0. The predicted octanol–water partition coefficient (Wildman–Crippen LogP) is 2.21.